The highest BCUT2D eigenvalue weighted by molar-refractivity contribution is 7.89. The van der Waals surface area contributed by atoms with Crippen LogP contribution >= 0.6 is 22.7 Å². The van der Waals surface area contributed by atoms with Crippen LogP contribution in [0.1, 0.15) is 60.6 Å². The monoisotopic (exact) mass is 604 g/mol. The number of hydrogen-bond acceptors (Lipinski definition) is 9. The van der Waals surface area contributed by atoms with Gasteiger partial charge in [0.05, 0.1) is 31.0 Å². The number of Topliss-reactive ketones (excluding diaryl/α,β-unsaturated/α-hetero) is 1. The first-order chi connectivity index (χ1) is 18.9. The predicted molar refractivity (Wildman–Crippen MR) is 158 cm³/mol. The lowest BCUT2D eigenvalue weighted by Crippen LogP contribution is -2.40. The minimum Gasteiger partial charge on any atom is -0.495 e. The molecule has 0 atom stereocenters. The van der Waals surface area contributed by atoms with E-state index in [4.69, 9.17) is 4.74 Å². The van der Waals surface area contributed by atoms with Crippen LogP contribution < -0.4 is 4.74 Å². The minimum atomic E-state index is -3.71. The van der Waals surface area contributed by atoms with Crippen LogP contribution in [0.5, 0.6) is 5.75 Å². The van der Waals surface area contributed by atoms with Gasteiger partial charge in [-0.05, 0) is 70.2 Å². The van der Waals surface area contributed by atoms with E-state index in [1.807, 2.05) is 17.0 Å². The zero-order valence-electron chi connectivity index (χ0n) is 23.8. The van der Waals surface area contributed by atoms with Crippen LogP contribution in [0.3, 0.4) is 0 Å². The van der Waals surface area contributed by atoms with Gasteiger partial charge in [0.2, 0.25) is 15.9 Å². The van der Waals surface area contributed by atoms with Gasteiger partial charge in [0.25, 0.3) is 0 Å². The number of nitrogens with zero attached hydrogens (tertiary/aromatic N) is 4. The van der Waals surface area contributed by atoms with Crippen LogP contribution in [0.2, 0.25) is 0 Å². The molecular formula is C28H36N4O5S3. The maximum Gasteiger partial charge on any atom is 0.235 e. The Labute approximate surface area is 244 Å². The summed E-state index contributed by atoms with van der Waals surface area (Å²) in [5.74, 6) is -0.550. The van der Waals surface area contributed by atoms with E-state index in [-0.39, 0.29) is 18.1 Å². The quantitative estimate of drug-likeness (QED) is 0.268. The van der Waals surface area contributed by atoms with Gasteiger partial charge in [-0.2, -0.15) is 0 Å². The first kappa shape index (κ1) is 30.3. The number of aromatic nitrogens is 2. The van der Waals surface area contributed by atoms with E-state index in [9.17, 15) is 18.0 Å². The highest BCUT2D eigenvalue weighted by atomic mass is 32.2. The molecule has 216 valence electrons. The van der Waals surface area contributed by atoms with E-state index in [1.54, 1.807) is 31.6 Å². The average Bonchev–Trinajstić information content (AvgIpc) is 3.54. The number of thiazole rings is 1. The number of pyridine rings is 1. The largest absolute Gasteiger partial charge is 0.495 e. The Bertz CT molecular complexity index is 1470. The molecule has 12 heteroatoms. The Morgan fingerprint density at radius 1 is 1.10 bits per heavy atom. The number of ketones is 1. The molecule has 0 unspecified atom stereocenters. The molecule has 3 heterocycles. The first-order valence-electron chi connectivity index (χ1n) is 13.1. The van der Waals surface area contributed by atoms with Crippen molar-refractivity contribution < 1.29 is 22.7 Å². The van der Waals surface area contributed by atoms with Gasteiger partial charge >= 0.3 is 0 Å². The van der Waals surface area contributed by atoms with Crippen LogP contribution in [0.25, 0.3) is 0 Å². The molecule has 1 amide bonds. The molecule has 1 fully saturated rings. The number of carbonyl (C=O) groups excluding carboxylic acids is 2. The maximum absolute atomic E-state index is 14.1. The molecule has 1 aliphatic carbocycles. The highest BCUT2D eigenvalue weighted by Crippen LogP contribution is 2.49. The summed E-state index contributed by atoms with van der Waals surface area (Å²) in [6, 6.07) is 5.89. The molecule has 0 aliphatic heterocycles. The summed E-state index contributed by atoms with van der Waals surface area (Å²) in [7, 11) is 0.671. The minimum absolute atomic E-state index is 0.000349. The van der Waals surface area contributed by atoms with Gasteiger partial charge in [0, 0.05) is 35.3 Å². The van der Waals surface area contributed by atoms with E-state index in [0.29, 0.717) is 35.0 Å². The third-order valence-electron chi connectivity index (χ3n) is 7.28. The van der Waals surface area contributed by atoms with Crippen LogP contribution in [0, 0.1) is 20.8 Å². The number of hydrogen-bond donors (Lipinski definition) is 0. The molecule has 0 bridgehead atoms. The van der Waals surface area contributed by atoms with Crippen molar-refractivity contribution in [1.82, 2.24) is 19.2 Å². The summed E-state index contributed by atoms with van der Waals surface area (Å²) in [6.45, 7) is 6.76. The van der Waals surface area contributed by atoms with E-state index < -0.39 is 27.0 Å². The Morgan fingerprint density at radius 3 is 2.38 bits per heavy atom. The van der Waals surface area contributed by atoms with Crippen molar-refractivity contribution >= 4 is 44.4 Å². The fourth-order valence-electron chi connectivity index (χ4n) is 4.56. The second-order valence-electron chi connectivity index (χ2n) is 10.4. The van der Waals surface area contributed by atoms with Crippen LogP contribution in [-0.4, -0.2) is 72.8 Å². The Hall–Kier alpha value is -2.67. The van der Waals surface area contributed by atoms with E-state index in [0.717, 1.165) is 22.8 Å². The summed E-state index contributed by atoms with van der Waals surface area (Å²) in [5.41, 5.74) is 1.49. The third-order valence-corrected chi connectivity index (χ3v) is 11.2. The van der Waals surface area contributed by atoms with Gasteiger partial charge in [0.1, 0.15) is 22.2 Å². The van der Waals surface area contributed by atoms with E-state index in [2.05, 4.69) is 29.9 Å². The van der Waals surface area contributed by atoms with Crippen molar-refractivity contribution in [3.05, 3.63) is 61.0 Å². The Morgan fingerprint density at radius 2 is 1.82 bits per heavy atom. The van der Waals surface area contributed by atoms with E-state index >= 15 is 0 Å². The fourth-order valence-corrected chi connectivity index (χ4v) is 7.35. The predicted octanol–water partition coefficient (Wildman–Crippen LogP) is 4.30. The van der Waals surface area contributed by atoms with Crippen molar-refractivity contribution in [2.75, 3.05) is 33.5 Å². The van der Waals surface area contributed by atoms with Gasteiger partial charge in [-0.1, -0.05) is 0 Å². The molecule has 3 aromatic rings. The number of carbonyl (C=O) groups is 2. The van der Waals surface area contributed by atoms with Crippen LogP contribution in [-0.2, 0) is 33.2 Å². The van der Waals surface area contributed by atoms with Crippen molar-refractivity contribution in [3.8, 4) is 5.75 Å². The number of thiophene rings is 1. The molecule has 9 nitrogen and oxygen atoms in total. The van der Waals surface area contributed by atoms with Crippen molar-refractivity contribution in [3.63, 3.8) is 0 Å². The van der Waals surface area contributed by atoms with E-state index in [1.165, 1.54) is 40.7 Å². The van der Waals surface area contributed by atoms with Gasteiger partial charge in [-0.25, -0.2) is 17.7 Å². The number of aryl methyl sites for hydroxylation is 4. The molecule has 0 aromatic carbocycles. The number of methoxy groups -OCH3 is 1. The third kappa shape index (κ3) is 6.62. The summed E-state index contributed by atoms with van der Waals surface area (Å²) in [6.07, 6.45) is 4.72. The molecule has 1 saturated carbocycles. The Balaban J connectivity index is 1.56. The molecule has 1 aliphatic rings. The zero-order valence-corrected chi connectivity index (χ0v) is 26.3. The standard InChI is InChI=1S/C28H36N4O5S3/c1-18-14-22(38-19(18)2)8-7-13-32(27(34)28(11-12-28)24-10-9-21(37-6)15-29-24)16-25-30-26(20(3)39-25)23(33)17-40(35,36)31(4)5/h9-10,14-15H,7-8,11-13,16-17H2,1-6H3. The molecular weight excluding hydrogens is 569 g/mol. The maximum atomic E-state index is 14.1. The molecule has 0 radical (unpaired) electrons. The van der Waals surface area contributed by atoms with Crippen molar-refractivity contribution in [2.45, 2.75) is 58.4 Å². The topological polar surface area (TPSA) is 110 Å². The lowest BCUT2D eigenvalue weighted by atomic mass is 9.99. The second-order valence-corrected chi connectivity index (χ2v) is 15.2. The summed E-state index contributed by atoms with van der Waals surface area (Å²) >= 11 is 3.11. The highest BCUT2D eigenvalue weighted by Gasteiger charge is 2.54. The number of ether oxygens (including phenoxy) is 1. The van der Waals surface area contributed by atoms with Gasteiger partial charge in [-0.3, -0.25) is 14.6 Å². The van der Waals surface area contributed by atoms with Gasteiger partial charge < -0.3 is 9.64 Å². The Kier molecular flexibility index (Phi) is 9.13. The summed E-state index contributed by atoms with van der Waals surface area (Å²) < 4.78 is 30.8. The summed E-state index contributed by atoms with van der Waals surface area (Å²) in [4.78, 5) is 41.0. The summed E-state index contributed by atoms with van der Waals surface area (Å²) in [5, 5.41) is 0.609. The SMILES string of the molecule is COc1ccc(C2(C(=O)N(CCCc3cc(C)c(C)s3)Cc3nc(C(=O)CS(=O)(=O)N(C)C)c(C)s3)CC2)nc1. The molecule has 3 aromatic heterocycles. The van der Waals surface area contributed by atoms with Crippen LogP contribution in [0.15, 0.2) is 24.4 Å². The van der Waals surface area contributed by atoms with Gasteiger partial charge in [-0.15, -0.1) is 22.7 Å². The lowest BCUT2D eigenvalue weighted by molar-refractivity contribution is -0.134. The molecule has 4 rings (SSSR count). The van der Waals surface area contributed by atoms with Gasteiger partial charge in [0.15, 0.2) is 5.78 Å². The number of amides is 1. The molecule has 0 saturated heterocycles. The van der Waals surface area contributed by atoms with Crippen molar-refractivity contribution in [2.24, 2.45) is 0 Å². The lowest BCUT2D eigenvalue weighted by Gasteiger charge is -2.26. The second kappa shape index (κ2) is 12.1. The normalized spacial score (nSPS) is 14.4. The molecule has 0 N–H and O–H groups in total. The average molecular weight is 605 g/mol. The van der Waals surface area contributed by atoms with Crippen molar-refractivity contribution in [1.29, 1.82) is 0 Å². The fraction of sp³-hybridized carbons (Fsp3) is 0.500. The number of rotatable bonds is 13. The molecule has 0 spiro atoms. The molecule has 40 heavy (non-hydrogen) atoms. The smallest absolute Gasteiger partial charge is 0.235 e. The zero-order chi connectivity index (χ0) is 29.2. The number of sulfonamides is 1. The first-order valence-corrected chi connectivity index (χ1v) is 16.4. The van der Waals surface area contributed by atoms with Crippen LogP contribution in [0.4, 0.5) is 0 Å².